The zero-order chi connectivity index (χ0) is 31.5. The van der Waals surface area contributed by atoms with Crippen molar-refractivity contribution in [2.45, 2.75) is 77.1 Å². The third kappa shape index (κ3) is 3.70. The van der Waals surface area contributed by atoms with Crippen molar-refractivity contribution in [1.82, 2.24) is 10.2 Å². The van der Waals surface area contributed by atoms with Gasteiger partial charge < -0.3 is 31.5 Å². The summed E-state index contributed by atoms with van der Waals surface area (Å²) in [6.45, 7) is 7.04. The Kier molecular flexibility index (Phi) is 6.48. The first kappa shape index (κ1) is 29.8. The van der Waals surface area contributed by atoms with Crippen molar-refractivity contribution in [2.24, 2.45) is 34.3 Å². The van der Waals surface area contributed by atoms with E-state index in [9.17, 15) is 34.8 Å². The number of fused-ring (bicyclic) bond motifs is 5. The van der Waals surface area contributed by atoms with Gasteiger partial charge in [-0.25, -0.2) is 4.39 Å². The summed E-state index contributed by atoms with van der Waals surface area (Å²) < 4.78 is 16.2. The Labute approximate surface area is 249 Å². The van der Waals surface area contributed by atoms with Crippen molar-refractivity contribution < 1.29 is 39.2 Å². The second-order valence-corrected chi connectivity index (χ2v) is 14.2. The molecule has 0 saturated heterocycles. The zero-order valence-electron chi connectivity index (χ0n) is 25.1. The highest BCUT2D eigenvalue weighted by molar-refractivity contribution is 6.24. The molecule has 7 N–H and O–H groups in total. The number of phenolic OH excluding ortho intramolecular Hbond substituents is 1. The molecular weight excluding hydrogens is 557 g/mol. The summed E-state index contributed by atoms with van der Waals surface area (Å²) in [5.74, 6) is -7.58. The van der Waals surface area contributed by atoms with Gasteiger partial charge in [0.1, 0.15) is 28.7 Å². The third-order valence-electron chi connectivity index (χ3n) is 12.1. The van der Waals surface area contributed by atoms with Crippen molar-refractivity contribution in [3.63, 3.8) is 0 Å². The minimum Gasteiger partial charge on any atom is -0.508 e. The number of benzene rings is 1. The van der Waals surface area contributed by atoms with E-state index in [2.05, 4.69) is 26.1 Å². The molecule has 232 valence electrons. The number of phenols is 1. The molecule has 5 aliphatic carbocycles. The number of aliphatic hydroxyl groups excluding tert-OH is 2. The lowest BCUT2D eigenvalue weighted by atomic mass is 9.57. The van der Waals surface area contributed by atoms with Crippen LogP contribution in [0.1, 0.15) is 63.1 Å². The number of carbonyl (C=O) groups is 3. The summed E-state index contributed by atoms with van der Waals surface area (Å²) >= 11 is 0. The van der Waals surface area contributed by atoms with Gasteiger partial charge in [-0.15, -0.1) is 0 Å². The van der Waals surface area contributed by atoms with E-state index in [1.54, 1.807) is 0 Å². The molecule has 5 aliphatic rings. The Morgan fingerprint density at radius 1 is 1.16 bits per heavy atom. The van der Waals surface area contributed by atoms with Gasteiger partial charge in [0, 0.05) is 35.2 Å². The highest BCUT2D eigenvalue weighted by Crippen LogP contribution is 2.65. The van der Waals surface area contributed by atoms with Crippen molar-refractivity contribution >= 4 is 23.2 Å². The van der Waals surface area contributed by atoms with Gasteiger partial charge in [0.15, 0.2) is 11.4 Å². The lowest BCUT2D eigenvalue weighted by molar-refractivity contribution is -0.153. The van der Waals surface area contributed by atoms with Crippen LogP contribution in [-0.4, -0.2) is 74.6 Å². The van der Waals surface area contributed by atoms with Crippen LogP contribution in [0, 0.1) is 34.4 Å². The van der Waals surface area contributed by atoms with E-state index in [1.165, 1.54) is 31.5 Å². The second-order valence-electron chi connectivity index (χ2n) is 14.2. The fourth-order valence-electron chi connectivity index (χ4n) is 9.22. The Morgan fingerprint density at radius 2 is 1.84 bits per heavy atom. The van der Waals surface area contributed by atoms with Crippen molar-refractivity contribution in [3.05, 3.63) is 45.5 Å². The van der Waals surface area contributed by atoms with Gasteiger partial charge in [-0.1, -0.05) is 20.8 Å². The second kappa shape index (κ2) is 9.36. The molecular formula is C32H40FN3O7. The molecule has 3 fully saturated rings. The topological polar surface area (TPSA) is 173 Å². The normalized spacial score (nSPS) is 36.2. The summed E-state index contributed by atoms with van der Waals surface area (Å²) in [6.07, 6.45) is 3.09. The molecule has 3 saturated carbocycles. The Balaban J connectivity index is 1.39. The van der Waals surface area contributed by atoms with E-state index in [-0.39, 0.29) is 58.5 Å². The van der Waals surface area contributed by atoms with Gasteiger partial charge in [0.25, 0.3) is 5.91 Å². The number of nitrogens with zero attached hydrogens (tertiary/aromatic N) is 1. The summed E-state index contributed by atoms with van der Waals surface area (Å²) in [6, 6.07) is 0.233. The first-order valence-electron chi connectivity index (χ1n) is 14.9. The van der Waals surface area contributed by atoms with Crippen LogP contribution in [0.3, 0.4) is 0 Å². The largest absolute Gasteiger partial charge is 0.508 e. The lowest BCUT2D eigenvalue weighted by Crippen LogP contribution is -2.65. The standard InChI is InChI=1S/C32H40FN3O7/c1-30(2)15-6-7-31(30,3)19(11-15)35-12-14-10-18(37)21-16(23(14)33)8-13-9-17-24(36(4)5)26(39)22(29(34)42)28(41)32(17,43)27(40)20(13)25(21)38/h10,13,15,17,19,24,35,37-38,41,43H,6-9,11-12H2,1-5H3,(H2,34,42)/t13-,15?,17-,19-,24-,31?,32-/m0/s1. The van der Waals surface area contributed by atoms with Gasteiger partial charge in [0.2, 0.25) is 5.78 Å². The summed E-state index contributed by atoms with van der Waals surface area (Å²) in [4.78, 5) is 40.7. The van der Waals surface area contributed by atoms with E-state index in [4.69, 9.17) is 5.73 Å². The van der Waals surface area contributed by atoms with Crippen LogP contribution in [0.4, 0.5) is 4.39 Å². The molecule has 7 atom stereocenters. The van der Waals surface area contributed by atoms with Crippen LogP contribution in [0.25, 0.3) is 5.76 Å². The molecule has 1 aromatic rings. The van der Waals surface area contributed by atoms with Crippen LogP contribution in [0.15, 0.2) is 23.0 Å². The highest BCUT2D eigenvalue weighted by atomic mass is 19.1. The number of nitrogens with one attached hydrogen (secondary N) is 1. The average Bonchev–Trinajstić information content (AvgIpc) is 3.25. The number of likely N-dealkylation sites (N-methyl/N-ethyl adjacent to an activating group) is 1. The number of hydrogen-bond acceptors (Lipinski definition) is 9. The van der Waals surface area contributed by atoms with Gasteiger partial charge in [-0.3, -0.25) is 19.3 Å². The Morgan fingerprint density at radius 3 is 2.40 bits per heavy atom. The van der Waals surface area contributed by atoms with Crippen LogP contribution < -0.4 is 11.1 Å². The molecule has 0 radical (unpaired) electrons. The van der Waals surface area contributed by atoms with Crippen LogP contribution >= 0.6 is 0 Å². The predicted molar refractivity (Wildman–Crippen MR) is 154 cm³/mol. The van der Waals surface area contributed by atoms with Gasteiger partial charge in [-0.05, 0) is 74.9 Å². The minimum atomic E-state index is -2.73. The summed E-state index contributed by atoms with van der Waals surface area (Å²) in [5, 5.41) is 48.5. The number of aromatic hydroxyl groups is 1. The summed E-state index contributed by atoms with van der Waals surface area (Å²) in [5.41, 5.74) is 1.71. The molecule has 11 heteroatoms. The first-order valence-corrected chi connectivity index (χ1v) is 14.9. The van der Waals surface area contributed by atoms with E-state index in [0.717, 1.165) is 12.8 Å². The van der Waals surface area contributed by atoms with Crippen LogP contribution in [0.2, 0.25) is 0 Å². The highest BCUT2D eigenvalue weighted by Gasteiger charge is 2.64. The fourth-order valence-corrected chi connectivity index (χ4v) is 9.22. The van der Waals surface area contributed by atoms with Crippen LogP contribution in [-0.2, 0) is 27.3 Å². The molecule has 10 nitrogen and oxygen atoms in total. The summed E-state index contributed by atoms with van der Waals surface area (Å²) in [7, 11) is 3.06. The van der Waals surface area contributed by atoms with Gasteiger partial charge in [0.05, 0.1) is 11.6 Å². The third-order valence-corrected chi connectivity index (χ3v) is 12.1. The fraction of sp³-hybridized carbons (Fsp3) is 0.594. The number of aliphatic hydroxyl groups is 3. The van der Waals surface area contributed by atoms with Crippen molar-refractivity contribution in [1.29, 1.82) is 0 Å². The number of Topliss-reactive ketones (excluding diaryl/α,β-unsaturated/α-hetero) is 2. The van der Waals surface area contributed by atoms with E-state index >= 15 is 4.39 Å². The number of ketones is 2. The molecule has 0 spiro atoms. The van der Waals surface area contributed by atoms with Crippen molar-refractivity contribution in [3.8, 4) is 5.75 Å². The van der Waals surface area contributed by atoms with Crippen LogP contribution in [0.5, 0.6) is 5.75 Å². The van der Waals surface area contributed by atoms with E-state index < -0.39 is 69.6 Å². The quantitative estimate of drug-likeness (QED) is 0.279. The number of rotatable bonds is 5. The number of carbonyl (C=O) groups excluding carboxylic acids is 3. The molecule has 0 aromatic heterocycles. The Bertz CT molecular complexity index is 1550. The maximum Gasteiger partial charge on any atom is 0.255 e. The van der Waals surface area contributed by atoms with Crippen molar-refractivity contribution in [2.75, 3.05) is 14.1 Å². The molecule has 0 heterocycles. The first-order chi connectivity index (χ1) is 20.0. The molecule has 6 rings (SSSR count). The molecule has 0 aliphatic heterocycles. The maximum atomic E-state index is 16.2. The minimum absolute atomic E-state index is 0.0434. The molecule has 1 amide bonds. The number of hydrogen-bond donors (Lipinski definition) is 6. The molecule has 2 bridgehead atoms. The predicted octanol–water partition coefficient (Wildman–Crippen LogP) is 2.41. The average molecular weight is 598 g/mol. The van der Waals surface area contributed by atoms with E-state index in [0.29, 0.717) is 5.92 Å². The van der Waals surface area contributed by atoms with Gasteiger partial charge >= 0.3 is 0 Å². The smallest absolute Gasteiger partial charge is 0.255 e. The SMILES string of the molecule is CN(C)[C@@H]1C(=O)C(C(N)=O)=C(O)[C@@]2(O)C(=O)C3=C(O)c4c(O)cc(CN[C@H]5CC6CCC5(C)C6(C)C)c(F)c4C[C@H]3C[C@@H]12. The van der Waals surface area contributed by atoms with Gasteiger partial charge in [-0.2, -0.15) is 0 Å². The zero-order valence-corrected chi connectivity index (χ0v) is 25.1. The molecule has 1 aromatic carbocycles. The molecule has 43 heavy (non-hydrogen) atoms. The number of nitrogens with two attached hydrogens (primary N) is 1. The Hall–Kier alpha value is -3.28. The number of primary amides is 1. The number of amides is 1. The lowest BCUT2D eigenvalue weighted by Gasteiger charge is -2.50. The monoisotopic (exact) mass is 597 g/mol. The number of halogens is 1. The maximum absolute atomic E-state index is 16.2. The molecule has 2 unspecified atom stereocenters. The van der Waals surface area contributed by atoms with E-state index in [1.807, 2.05) is 0 Å².